The maximum atomic E-state index is 11.1. The largest absolute Gasteiger partial charge is 0.480 e. The number of carboxylic acids is 1. The van der Waals surface area contributed by atoms with E-state index >= 15 is 0 Å². The number of aliphatic carboxylic acids is 1. The van der Waals surface area contributed by atoms with E-state index in [2.05, 4.69) is 0 Å². The molecule has 0 amide bonds. The van der Waals surface area contributed by atoms with Crippen molar-refractivity contribution in [2.24, 2.45) is 0 Å². The number of aliphatic hydroxyl groups excluding tert-OH is 1. The van der Waals surface area contributed by atoms with E-state index < -0.39 is 18.1 Å². The Morgan fingerprint density at radius 3 is 2.88 bits per heavy atom. The fourth-order valence-corrected chi connectivity index (χ4v) is 2.30. The number of carboxylic acid groups (broad SMARTS) is 1. The van der Waals surface area contributed by atoms with Crippen molar-refractivity contribution in [2.45, 2.75) is 31.9 Å². The van der Waals surface area contributed by atoms with Crippen LogP contribution in [0.15, 0.2) is 24.3 Å². The summed E-state index contributed by atoms with van der Waals surface area (Å²) in [6.45, 7) is 2.35. The molecule has 2 unspecified atom stereocenters. The summed E-state index contributed by atoms with van der Waals surface area (Å²) in [5.41, 5.74) is 1.67. The highest BCUT2D eigenvalue weighted by Gasteiger charge is 2.27. The minimum Gasteiger partial charge on any atom is -0.480 e. The fourth-order valence-electron chi connectivity index (χ4n) is 2.30. The predicted octanol–water partition coefficient (Wildman–Crippen LogP) is 1.79. The zero-order valence-corrected chi connectivity index (χ0v) is 9.84. The van der Waals surface area contributed by atoms with Gasteiger partial charge in [0.2, 0.25) is 0 Å². The number of benzene rings is 1. The Labute approximate surface area is 100 Å². The molecule has 2 N–H and O–H groups in total. The maximum Gasteiger partial charge on any atom is 0.326 e. The van der Waals surface area contributed by atoms with Crippen LogP contribution >= 0.6 is 0 Å². The van der Waals surface area contributed by atoms with Gasteiger partial charge in [0.15, 0.2) is 0 Å². The highest BCUT2D eigenvalue weighted by molar-refractivity contribution is 5.78. The highest BCUT2D eigenvalue weighted by Crippen LogP contribution is 2.33. The first-order valence-electron chi connectivity index (χ1n) is 5.87. The van der Waals surface area contributed by atoms with Crippen molar-refractivity contribution in [1.29, 1.82) is 0 Å². The van der Waals surface area contributed by atoms with Crippen molar-refractivity contribution < 1.29 is 15.0 Å². The van der Waals surface area contributed by atoms with E-state index in [0.717, 1.165) is 17.7 Å². The molecule has 0 fully saturated rings. The van der Waals surface area contributed by atoms with Gasteiger partial charge in [0.05, 0.1) is 6.10 Å². The molecule has 17 heavy (non-hydrogen) atoms. The van der Waals surface area contributed by atoms with Crippen LogP contribution in [0.5, 0.6) is 0 Å². The van der Waals surface area contributed by atoms with Gasteiger partial charge in [0.25, 0.3) is 0 Å². The van der Waals surface area contributed by atoms with Crippen molar-refractivity contribution in [3.8, 4) is 0 Å². The first-order chi connectivity index (χ1) is 8.11. The third-order valence-corrected chi connectivity index (χ3v) is 3.31. The number of rotatable bonds is 2. The Balaban J connectivity index is 2.41. The van der Waals surface area contributed by atoms with Crippen molar-refractivity contribution >= 4 is 11.7 Å². The van der Waals surface area contributed by atoms with Crippen LogP contribution in [0.3, 0.4) is 0 Å². The van der Waals surface area contributed by atoms with Gasteiger partial charge in [-0.25, -0.2) is 4.79 Å². The van der Waals surface area contributed by atoms with Gasteiger partial charge in [0, 0.05) is 17.8 Å². The Bertz CT molecular complexity index is 419. The minimum absolute atomic E-state index is 0.489. The van der Waals surface area contributed by atoms with Crippen LogP contribution in [0.25, 0.3) is 0 Å². The number of nitrogens with zero attached hydrogens (tertiary/aromatic N) is 1. The third kappa shape index (κ3) is 2.26. The van der Waals surface area contributed by atoms with Crippen molar-refractivity contribution in [3.05, 3.63) is 29.8 Å². The summed E-state index contributed by atoms with van der Waals surface area (Å²) >= 11 is 0. The highest BCUT2D eigenvalue weighted by atomic mass is 16.4. The normalized spacial score (nSPS) is 21.5. The number of anilines is 1. The Kier molecular flexibility index (Phi) is 3.33. The number of hydrogen-bond donors (Lipinski definition) is 2. The van der Waals surface area contributed by atoms with Crippen molar-refractivity contribution in [3.63, 3.8) is 0 Å². The topological polar surface area (TPSA) is 60.8 Å². The standard InChI is InChI=1S/C13H17NO3/c1-9(13(16)17)14-8-4-7-12(15)10-5-2-3-6-11(10)14/h2-3,5-6,9,12,15H,4,7-8H2,1H3,(H,16,17). The second-order valence-corrected chi connectivity index (χ2v) is 4.42. The lowest BCUT2D eigenvalue weighted by atomic mass is 10.0. The average Bonchev–Trinajstić information content (AvgIpc) is 2.49. The van der Waals surface area contributed by atoms with E-state index in [1.807, 2.05) is 29.2 Å². The van der Waals surface area contributed by atoms with Gasteiger partial charge in [-0.3, -0.25) is 0 Å². The number of aliphatic hydroxyl groups is 1. The minimum atomic E-state index is -0.837. The number of para-hydroxylation sites is 1. The quantitative estimate of drug-likeness (QED) is 0.820. The molecule has 92 valence electrons. The Hall–Kier alpha value is -1.55. The van der Waals surface area contributed by atoms with E-state index in [0.29, 0.717) is 13.0 Å². The van der Waals surface area contributed by atoms with Crippen LogP contribution in [0.1, 0.15) is 31.4 Å². The summed E-state index contributed by atoms with van der Waals surface area (Å²) in [5, 5.41) is 19.1. The van der Waals surface area contributed by atoms with Crippen LogP contribution in [0.4, 0.5) is 5.69 Å². The molecule has 4 heteroatoms. The van der Waals surface area contributed by atoms with Crippen molar-refractivity contribution in [2.75, 3.05) is 11.4 Å². The van der Waals surface area contributed by atoms with Gasteiger partial charge < -0.3 is 15.1 Å². The Morgan fingerprint density at radius 1 is 1.47 bits per heavy atom. The van der Waals surface area contributed by atoms with Gasteiger partial charge in [-0.2, -0.15) is 0 Å². The molecule has 1 aliphatic heterocycles. The first kappa shape index (κ1) is 11.9. The van der Waals surface area contributed by atoms with E-state index in [1.165, 1.54) is 0 Å². The number of hydrogen-bond acceptors (Lipinski definition) is 3. The molecule has 1 aromatic carbocycles. The molecule has 4 nitrogen and oxygen atoms in total. The van der Waals surface area contributed by atoms with Gasteiger partial charge in [-0.05, 0) is 25.8 Å². The van der Waals surface area contributed by atoms with Crippen LogP contribution in [-0.4, -0.2) is 28.8 Å². The van der Waals surface area contributed by atoms with E-state index in [4.69, 9.17) is 5.11 Å². The zero-order chi connectivity index (χ0) is 12.4. The lowest BCUT2D eigenvalue weighted by Gasteiger charge is -2.28. The summed E-state index contributed by atoms with van der Waals surface area (Å²) in [6.07, 6.45) is 0.991. The fraction of sp³-hybridized carbons (Fsp3) is 0.462. The lowest BCUT2D eigenvalue weighted by Crippen LogP contribution is -2.39. The van der Waals surface area contributed by atoms with E-state index in [-0.39, 0.29) is 0 Å². The van der Waals surface area contributed by atoms with Crippen LogP contribution in [0, 0.1) is 0 Å². The summed E-state index contributed by atoms with van der Waals surface area (Å²) in [4.78, 5) is 13.0. The SMILES string of the molecule is CC(C(=O)O)N1CCCC(O)c2ccccc21. The molecule has 1 aromatic rings. The summed E-state index contributed by atoms with van der Waals surface area (Å²) in [5.74, 6) is -0.837. The molecule has 0 radical (unpaired) electrons. The molecule has 1 heterocycles. The molecule has 0 aromatic heterocycles. The maximum absolute atomic E-state index is 11.1. The van der Waals surface area contributed by atoms with Crippen LogP contribution in [-0.2, 0) is 4.79 Å². The molecule has 0 saturated heterocycles. The number of carbonyl (C=O) groups is 1. The van der Waals surface area contributed by atoms with Crippen LogP contribution < -0.4 is 4.90 Å². The lowest BCUT2D eigenvalue weighted by molar-refractivity contribution is -0.138. The van der Waals surface area contributed by atoms with Gasteiger partial charge >= 0.3 is 5.97 Å². The predicted molar refractivity (Wildman–Crippen MR) is 65.1 cm³/mol. The monoisotopic (exact) mass is 235 g/mol. The molecule has 1 aliphatic rings. The van der Waals surface area contributed by atoms with Gasteiger partial charge in [-0.1, -0.05) is 18.2 Å². The van der Waals surface area contributed by atoms with E-state index in [9.17, 15) is 9.90 Å². The van der Waals surface area contributed by atoms with Crippen LogP contribution in [0.2, 0.25) is 0 Å². The second-order valence-electron chi connectivity index (χ2n) is 4.42. The Morgan fingerprint density at radius 2 is 2.18 bits per heavy atom. The number of fused-ring (bicyclic) bond motifs is 1. The third-order valence-electron chi connectivity index (χ3n) is 3.31. The molecule has 2 rings (SSSR count). The first-order valence-corrected chi connectivity index (χ1v) is 5.87. The molecular formula is C13H17NO3. The molecule has 0 saturated carbocycles. The summed E-state index contributed by atoms with van der Waals surface area (Å²) in [6, 6.07) is 6.92. The summed E-state index contributed by atoms with van der Waals surface area (Å²) < 4.78 is 0. The average molecular weight is 235 g/mol. The second kappa shape index (κ2) is 4.75. The smallest absolute Gasteiger partial charge is 0.326 e. The zero-order valence-electron chi connectivity index (χ0n) is 9.84. The molecular weight excluding hydrogens is 218 g/mol. The molecule has 0 spiro atoms. The van der Waals surface area contributed by atoms with Gasteiger partial charge in [-0.15, -0.1) is 0 Å². The molecule has 0 aliphatic carbocycles. The molecule has 0 bridgehead atoms. The molecule has 2 atom stereocenters. The van der Waals surface area contributed by atoms with E-state index in [1.54, 1.807) is 6.92 Å². The van der Waals surface area contributed by atoms with Gasteiger partial charge in [0.1, 0.15) is 6.04 Å². The van der Waals surface area contributed by atoms with Crippen molar-refractivity contribution in [1.82, 2.24) is 0 Å². The summed E-state index contributed by atoms with van der Waals surface area (Å²) in [7, 11) is 0.